The summed E-state index contributed by atoms with van der Waals surface area (Å²) in [6.07, 6.45) is 0.838. The highest BCUT2D eigenvalue weighted by Crippen LogP contribution is 2.33. The Bertz CT molecular complexity index is 602. The summed E-state index contributed by atoms with van der Waals surface area (Å²) in [7, 11) is -3.52. The number of nitrogens with two attached hydrogens (primary N) is 1. The van der Waals surface area contributed by atoms with E-state index in [4.69, 9.17) is 5.73 Å². The molecule has 0 bridgehead atoms. The number of nitrogen functional groups attached to an aromatic ring is 1. The molecule has 0 aromatic heterocycles. The van der Waals surface area contributed by atoms with Crippen molar-refractivity contribution in [2.24, 2.45) is 0 Å². The average Bonchev–Trinajstić information content (AvgIpc) is 2.53. The Morgan fingerprint density at radius 3 is 2.75 bits per heavy atom. The standard InChI is InChI=1S/C13H19BrN2O2S2/c1-13(2)5-6-16(7-8-19-13)20(17,18)12-9-10(14)3-4-11(12)15/h3-4,9H,5-8,15H2,1-2H3. The molecular formula is C13H19BrN2O2S2. The van der Waals surface area contributed by atoms with Gasteiger partial charge < -0.3 is 5.73 Å². The zero-order valence-electron chi connectivity index (χ0n) is 11.6. The van der Waals surface area contributed by atoms with Crippen molar-refractivity contribution in [1.82, 2.24) is 4.31 Å². The van der Waals surface area contributed by atoms with E-state index >= 15 is 0 Å². The summed E-state index contributed by atoms with van der Waals surface area (Å²) < 4.78 is 27.9. The molecule has 1 heterocycles. The molecule has 0 amide bonds. The fraction of sp³-hybridized carbons (Fsp3) is 0.538. The molecule has 20 heavy (non-hydrogen) atoms. The van der Waals surface area contributed by atoms with Gasteiger partial charge >= 0.3 is 0 Å². The van der Waals surface area contributed by atoms with E-state index in [0.717, 1.165) is 16.6 Å². The molecule has 0 saturated carbocycles. The van der Waals surface area contributed by atoms with Gasteiger partial charge in [0.05, 0.1) is 5.69 Å². The van der Waals surface area contributed by atoms with E-state index in [1.54, 1.807) is 22.5 Å². The van der Waals surface area contributed by atoms with Crippen LogP contribution >= 0.6 is 27.7 Å². The Kier molecular flexibility index (Phi) is 4.73. The van der Waals surface area contributed by atoms with Gasteiger partial charge in [-0.15, -0.1) is 0 Å². The first-order valence-corrected chi connectivity index (χ1v) is 9.63. The lowest BCUT2D eigenvalue weighted by Crippen LogP contribution is -2.34. The fourth-order valence-electron chi connectivity index (χ4n) is 2.11. The van der Waals surface area contributed by atoms with Crippen molar-refractivity contribution in [2.75, 3.05) is 24.6 Å². The summed E-state index contributed by atoms with van der Waals surface area (Å²) >= 11 is 5.12. The van der Waals surface area contributed by atoms with E-state index in [0.29, 0.717) is 18.8 Å². The minimum absolute atomic E-state index is 0.118. The van der Waals surface area contributed by atoms with Gasteiger partial charge in [0.15, 0.2) is 0 Å². The van der Waals surface area contributed by atoms with Crippen LogP contribution in [0.1, 0.15) is 20.3 Å². The van der Waals surface area contributed by atoms with Crippen LogP contribution in [0, 0.1) is 0 Å². The highest BCUT2D eigenvalue weighted by atomic mass is 79.9. The van der Waals surface area contributed by atoms with Crippen LogP contribution in [0.25, 0.3) is 0 Å². The van der Waals surface area contributed by atoms with Gasteiger partial charge in [0, 0.05) is 28.1 Å². The Morgan fingerprint density at radius 2 is 2.05 bits per heavy atom. The third-order valence-corrected chi connectivity index (χ3v) is 7.21. The first-order chi connectivity index (χ1) is 9.22. The second-order valence-corrected chi connectivity index (χ2v) is 10.1. The predicted octanol–water partition coefficient (Wildman–Crippen LogP) is 2.94. The molecule has 0 radical (unpaired) electrons. The van der Waals surface area contributed by atoms with E-state index in [1.165, 1.54) is 0 Å². The molecule has 1 fully saturated rings. The normalized spacial score (nSPS) is 20.6. The molecule has 2 rings (SSSR count). The Morgan fingerprint density at radius 1 is 1.35 bits per heavy atom. The molecule has 4 nitrogen and oxygen atoms in total. The van der Waals surface area contributed by atoms with Crippen LogP contribution in [0.2, 0.25) is 0 Å². The Hall–Kier alpha value is -0.240. The largest absolute Gasteiger partial charge is 0.398 e. The van der Waals surface area contributed by atoms with Crippen molar-refractivity contribution >= 4 is 43.4 Å². The summed E-state index contributed by atoms with van der Waals surface area (Å²) in [5.41, 5.74) is 6.14. The molecule has 2 N–H and O–H groups in total. The van der Waals surface area contributed by atoms with Crippen LogP contribution in [-0.4, -0.2) is 36.3 Å². The SMILES string of the molecule is CC1(C)CCN(S(=O)(=O)c2cc(Br)ccc2N)CCS1. The monoisotopic (exact) mass is 378 g/mol. The number of thioether (sulfide) groups is 1. The van der Waals surface area contributed by atoms with Gasteiger partial charge in [0.2, 0.25) is 10.0 Å². The summed E-state index contributed by atoms with van der Waals surface area (Å²) in [5, 5.41) is 0. The predicted molar refractivity (Wildman–Crippen MR) is 88.5 cm³/mol. The molecule has 0 spiro atoms. The third kappa shape index (κ3) is 3.50. The lowest BCUT2D eigenvalue weighted by molar-refractivity contribution is 0.415. The van der Waals surface area contributed by atoms with Crippen LogP contribution < -0.4 is 5.73 Å². The van der Waals surface area contributed by atoms with Gasteiger partial charge in [-0.05, 0) is 24.6 Å². The van der Waals surface area contributed by atoms with Gasteiger partial charge in [0.1, 0.15) is 4.90 Å². The second kappa shape index (κ2) is 5.87. The summed E-state index contributed by atoms with van der Waals surface area (Å²) in [6.45, 7) is 5.37. The molecule has 0 atom stereocenters. The quantitative estimate of drug-likeness (QED) is 0.803. The number of hydrogen-bond acceptors (Lipinski definition) is 4. The topological polar surface area (TPSA) is 63.4 Å². The van der Waals surface area contributed by atoms with Crippen LogP contribution in [0.4, 0.5) is 5.69 Å². The first-order valence-electron chi connectivity index (χ1n) is 6.41. The fourth-order valence-corrected chi connectivity index (χ4v) is 5.42. The number of sulfonamides is 1. The molecule has 1 aliphatic heterocycles. The maximum absolute atomic E-state index is 12.7. The molecule has 0 unspecified atom stereocenters. The number of hydrogen-bond donors (Lipinski definition) is 1. The van der Waals surface area contributed by atoms with E-state index < -0.39 is 10.0 Å². The van der Waals surface area contributed by atoms with Gasteiger partial charge in [0.25, 0.3) is 0 Å². The van der Waals surface area contributed by atoms with Crippen molar-refractivity contribution in [3.8, 4) is 0 Å². The van der Waals surface area contributed by atoms with Gasteiger partial charge in [-0.1, -0.05) is 29.8 Å². The van der Waals surface area contributed by atoms with Crippen LogP contribution in [0.5, 0.6) is 0 Å². The number of benzene rings is 1. The number of halogens is 1. The zero-order valence-corrected chi connectivity index (χ0v) is 14.8. The van der Waals surface area contributed by atoms with E-state index in [-0.39, 0.29) is 9.64 Å². The maximum atomic E-state index is 12.7. The molecule has 1 aromatic carbocycles. The molecule has 7 heteroatoms. The van der Waals surface area contributed by atoms with E-state index in [9.17, 15) is 8.42 Å². The van der Waals surface area contributed by atoms with Gasteiger partial charge in [-0.3, -0.25) is 0 Å². The zero-order chi connectivity index (χ0) is 15.0. The minimum Gasteiger partial charge on any atom is -0.398 e. The lowest BCUT2D eigenvalue weighted by Gasteiger charge is -2.23. The van der Waals surface area contributed by atoms with Crippen molar-refractivity contribution < 1.29 is 8.42 Å². The molecular weight excluding hydrogens is 360 g/mol. The van der Waals surface area contributed by atoms with Crippen LogP contribution in [0.15, 0.2) is 27.6 Å². The number of anilines is 1. The van der Waals surface area contributed by atoms with Crippen molar-refractivity contribution in [2.45, 2.75) is 29.9 Å². The summed E-state index contributed by atoms with van der Waals surface area (Å²) in [6, 6.07) is 4.94. The molecule has 1 aliphatic rings. The highest BCUT2D eigenvalue weighted by molar-refractivity contribution is 9.10. The molecule has 1 saturated heterocycles. The number of nitrogens with zero attached hydrogens (tertiary/aromatic N) is 1. The Balaban J connectivity index is 2.33. The molecule has 1 aromatic rings. The molecule has 0 aliphatic carbocycles. The summed E-state index contributed by atoms with van der Waals surface area (Å²) in [4.78, 5) is 0.191. The van der Waals surface area contributed by atoms with E-state index in [2.05, 4.69) is 29.8 Å². The van der Waals surface area contributed by atoms with Crippen molar-refractivity contribution in [3.63, 3.8) is 0 Å². The maximum Gasteiger partial charge on any atom is 0.245 e. The van der Waals surface area contributed by atoms with Crippen LogP contribution in [-0.2, 0) is 10.0 Å². The van der Waals surface area contributed by atoms with Crippen molar-refractivity contribution in [3.05, 3.63) is 22.7 Å². The minimum atomic E-state index is -3.52. The van der Waals surface area contributed by atoms with Gasteiger partial charge in [-0.2, -0.15) is 16.1 Å². The smallest absolute Gasteiger partial charge is 0.245 e. The van der Waals surface area contributed by atoms with E-state index in [1.807, 2.05) is 11.8 Å². The van der Waals surface area contributed by atoms with Gasteiger partial charge in [-0.25, -0.2) is 8.42 Å². The van der Waals surface area contributed by atoms with Crippen molar-refractivity contribution in [1.29, 1.82) is 0 Å². The molecule has 112 valence electrons. The number of rotatable bonds is 2. The highest BCUT2D eigenvalue weighted by Gasteiger charge is 2.31. The second-order valence-electron chi connectivity index (χ2n) is 5.44. The average molecular weight is 379 g/mol. The summed E-state index contributed by atoms with van der Waals surface area (Å²) in [5.74, 6) is 0.806. The third-order valence-electron chi connectivity index (χ3n) is 3.39. The first kappa shape index (κ1) is 16.1. The van der Waals surface area contributed by atoms with Crippen LogP contribution in [0.3, 0.4) is 0 Å². The Labute approximate surface area is 133 Å². The lowest BCUT2D eigenvalue weighted by atomic mass is 10.1.